The van der Waals surface area contributed by atoms with Crippen LogP contribution in [0.15, 0.2) is 60.9 Å². The van der Waals surface area contributed by atoms with Gasteiger partial charge >= 0.3 is 5.97 Å². The van der Waals surface area contributed by atoms with E-state index in [2.05, 4.69) is 20.6 Å². The monoisotopic (exact) mass is 392 g/mol. The van der Waals surface area contributed by atoms with Crippen LogP contribution in [0.5, 0.6) is 5.75 Å². The van der Waals surface area contributed by atoms with Gasteiger partial charge in [0.2, 0.25) is 0 Å². The molecular formula is C21H20N4O4. The lowest BCUT2D eigenvalue weighted by molar-refractivity contribution is 0.0601. The maximum absolute atomic E-state index is 12.4. The van der Waals surface area contributed by atoms with Crippen LogP contribution in [-0.4, -0.2) is 36.1 Å². The number of nitrogens with zero attached hydrogens (tertiary/aromatic N) is 2. The van der Waals surface area contributed by atoms with E-state index in [0.717, 1.165) is 11.3 Å². The van der Waals surface area contributed by atoms with Crippen molar-refractivity contribution in [3.05, 3.63) is 77.7 Å². The van der Waals surface area contributed by atoms with Crippen LogP contribution in [0.25, 0.3) is 0 Å². The third kappa shape index (κ3) is 5.07. The second-order valence-corrected chi connectivity index (χ2v) is 5.98. The van der Waals surface area contributed by atoms with E-state index >= 15 is 0 Å². The molecule has 0 saturated heterocycles. The van der Waals surface area contributed by atoms with Gasteiger partial charge in [-0.15, -0.1) is 0 Å². The summed E-state index contributed by atoms with van der Waals surface area (Å²) in [4.78, 5) is 32.5. The normalized spacial score (nSPS) is 10.1. The molecule has 8 nitrogen and oxygen atoms in total. The molecule has 0 aliphatic rings. The number of esters is 1. The summed E-state index contributed by atoms with van der Waals surface area (Å²) >= 11 is 0. The summed E-state index contributed by atoms with van der Waals surface area (Å²) in [5.41, 5.74) is 2.01. The van der Waals surface area contributed by atoms with Gasteiger partial charge in [0.15, 0.2) is 0 Å². The Morgan fingerprint density at radius 2 is 1.76 bits per heavy atom. The van der Waals surface area contributed by atoms with Gasteiger partial charge in [-0.05, 0) is 29.8 Å². The highest BCUT2D eigenvalue weighted by atomic mass is 16.5. The fourth-order valence-electron chi connectivity index (χ4n) is 2.58. The maximum Gasteiger partial charge on any atom is 0.339 e. The Morgan fingerprint density at radius 3 is 2.48 bits per heavy atom. The lowest BCUT2D eigenvalue weighted by Crippen LogP contribution is -2.24. The quantitative estimate of drug-likeness (QED) is 0.596. The van der Waals surface area contributed by atoms with E-state index < -0.39 is 5.97 Å². The van der Waals surface area contributed by atoms with Crippen molar-refractivity contribution in [1.82, 2.24) is 15.3 Å². The molecule has 8 heteroatoms. The van der Waals surface area contributed by atoms with Gasteiger partial charge in [0, 0.05) is 12.6 Å². The molecule has 0 aliphatic carbocycles. The number of amides is 1. The summed E-state index contributed by atoms with van der Waals surface area (Å²) < 4.78 is 9.90. The molecule has 2 N–H and O–H groups in total. The number of benzene rings is 2. The second kappa shape index (κ2) is 9.32. The number of aromatic nitrogens is 2. The third-order valence-electron chi connectivity index (χ3n) is 4.11. The Balaban J connectivity index is 1.69. The summed E-state index contributed by atoms with van der Waals surface area (Å²) in [6.07, 6.45) is 1.28. The van der Waals surface area contributed by atoms with E-state index in [1.165, 1.54) is 19.5 Å². The Kier molecular flexibility index (Phi) is 6.36. The molecule has 0 aliphatic heterocycles. The highest BCUT2D eigenvalue weighted by molar-refractivity contribution is 5.97. The van der Waals surface area contributed by atoms with Crippen LogP contribution in [0.2, 0.25) is 0 Å². The average molecular weight is 392 g/mol. The average Bonchev–Trinajstić information content (AvgIpc) is 2.78. The molecule has 0 bridgehead atoms. The van der Waals surface area contributed by atoms with Gasteiger partial charge in [-0.25, -0.2) is 14.8 Å². The summed E-state index contributed by atoms with van der Waals surface area (Å²) in [5.74, 6) is 0.317. The number of methoxy groups -OCH3 is 2. The molecule has 0 atom stereocenters. The number of carbonyl (C=O) groups excluding carboxylic acids is 2. The molecule has 2 aromatic carbocycles. The van der Waals surface area contributed by atoms with E-state index in [1.54, 1.807) is 31.4 Å². The SMILES string of the molecule is COC(=O)c1ccccc1Nc1cc(C(=O)NCc2ccc(OC)cc2)ncn1. The number of anilines is 2. The van der Waals surface area contributed by atoms with Crippen molar-refractivity contribution < 1.29 is 19.1 Å². The number of ether oxygens (including phenoxy) is 2. The molecule has 0 radical (unpaired) electrons. The molecule has 3 aromatic rings. The van der Waals surface area contributed by atoms with Crippen molar-refractivity contribution in [2.45, 2.75) is 6.54 Å². The van der Waals surface area contributed by atoms with Crippen LogP contribution < -0.4 is 15.4 Å². The minimum absolute atomic E-state index is 0.201. The summed E-state index contributed by atoms with van der Waals surface area (Å²) in [5, 5.41) is 5.83. The van der Waals surface area contributed by atoms with E-state index in [-0.39, 0.29) is 11.6 Å². The number of hydrogen-bond donors (Lipinski definition) is 2. The van der Waals surface area contributed by atoms with Crippen molar-refractivity contribution in [3.63, 3.8) is 0 Å². The number of carbonyl (C=O) groups is 2. The first kappa shape index (κ1) is 19.8. The standard InChI is InChI=1S/C21H20N4O4/c1-28-15-9-7-14(8-10-15)12-22-20(26)18-11-19(24-13-23-18)25-17-6-4-3-5-16(17)21(27)29-2/h3-11,13H,12H2,1-2H3,(H,22,26)(H,23,24,25). The van der Waals surface area contributed by atoms with Crippen LogP contribution in [-0.2, 0) is 11.3 Å². The van der Waals surface area contributed by atoms with Gasteiger partial charge in [0.25, 0.3) is 5.91 Å². The van der Waals surface area contributed by atoms with E-state index in [9.17, 15) is 9.59 Å². The van der Waals surface area contributed by atoms with Crippen LogP contribution in [0, 0.1) is 0 Å². The number of hydrogen-bond acceptors (Lipinski definition) is 7. The van der Waals surface area contributed by atoms with Gasteiger partial charge in [-0.2, -0.15) is 0 Å². The highest BCUT2D eigenvalue weighted by Gasteiger charge is 2.13. The molecule has 1 aromatic heterocycles. The maximum atomic E-state index is 12.4. The molecule has 0 unspecified atom stereocenters. The zero-order valence-electron chi connectivity index (χ0n) is 16.0. The van der Waals surface area contributed by atoms with Crippen molar-refractivity contribution in [1.29, 1.82) is 0 Å². The number of nitrogens with one attached hydrogen (secondary N) is 2. The number of rotatable bonds is 7. The van der Waals surface area contributed by atoms with Crippen LogP contribution in [0.4, 0.5) is 11.5 Å². The molecule has 1 amide bonds. The zero-order valence-corrected chi connectivity index (χ0v) is 16.0. The van der Waals surface area contributed by atoms with Gasteiger partial charge in [0.1, 0.15) is 23.6 Å². The van der Waals surface area contributed by atoms with Gasteiger partial charge in [-0.3, -0.25) is 4.79 Å². The Bertz CT molecular complexity index is 1010. The Morgan fingerprint density at radius 1 is 1.00 bits per heavy atom. The van der Waals surface area contributed by atoms with Crippen molar-refractivity contribution in [2.24, 2.45) is 0 Å². The minimum Gasteiger partial charge on any atom is -0.497 e. The molecule has 0 spiro atoms. The topological polar surface area (TPSA) is 102 Å². The molecule has 0 saturated carbocycles. The zero-order chi connectivity index (χ0) is 20.6. The van der Waals surface area contributed by atoms with Crippen molar-refractivity contribution >= 4 is 23.4 Å². The van der Waals surface area contributed by atoms with Crippen LogP contribution in [0.1, 0.15) is 26.4 Å². The highest BCUT2D eigenvalue weighted by Crippen LogP contribution is 2.20. The lowest BCUT2D eigenvalue weighted by atomic mass is 10.2. The second-order valence-electron chi connectivity index (χ2n) is 5.98. The first-order valence-corrected chi connectivity index (χ1v) is 8.78. The largest absolute Gasteiger partial charge is 0.497 e. The molecule has 3 rings (SSSR count). The Hall–Kier alpha value is -3.94. The third-order valence-corrected chi connectivity index (χ3v) is 4.11. The van der Waals surface area contributed by atoms with Crippen LogP contribution in [0.3, 0.4) is 0 Å². The number of para-hydroxylation sites is 1. The van der Waals surface area contributed by atoms with E-state index in [1.807, 2.05) is 24.3 Å². The predicted octanol–water partition coefficient (Wildman–Crippen LogP) is 2.95. The summed E-state index contributed by atoms with van der Waals surface area (Å²) in [6, 6.07) is 15.8. The first-order chi connectivity index (χ1) is 14.1. The first-order valence-electron chi connectivity index (χ1n) is 8.78. The molecular weight excluding hydrogens is 372 g/mol. The lowest BCUT2D eigenvalue weighted by Gasteiger charge is -2.11. The molecule has 148 valence electrons. The van der Waals surface area contributed by atoms with Gasteiger partial charge in [-0.1, -0.05) is 24.3 Å². The van der Waals surface area contributed by atoms with Crippen molar-refractivity contribution in [2.75, 3.05) is 19.5 Å². The van der Waals surface area contributed by atoms with Crippen molar-refractivity contribution in [3.8, 4) is 5.75 Å². The molecule has 0 fully saturated rings. The summed E-state index contributed by atoms with van der Waals surface area (Å²) in [6.45, 7) is 0.348. The fraction of sp³-hybridized carbons (Fsp3) is 0.143. The van der Waals surface area contributed by atoms with Gasteiger partial charge in [0.05, 0.1) is 25.5 Å². The minimum atomic E-state index is -0.473. The van der Waals surface area contributed by atoms with Crippen LogP contribution >= 0.6 is 0 Å². The fourth-order valence-corrected chi connectivity index (χ4v) is 2.58. The summed E-state index contributed by atoms with van der Waals surface area (Å²) in [7, 11) is 2.91. The van der Waals surface area contributed by atoms with E-state index in [0.29, 0.717) is 23.6 Å². The Labute approximate surface area is 167 Å². The molecule has 1 heterocycles. The smallest absolute Gasteiger partial charge is 0.339 e. The van der Waals surface area contributed by atoms with E-state index in [4.69, 9.17) is 9.47 Å². The van der Waals surface area contributed by atoms with Gasteiger partial charge < -0.3 is 20.1 Å². The molecule has 29 heavy (non-hydrogen) atoms. The predicted molar refractivity (Wildman–Crippen MR) is 107 cm³/mol.